The quantitative estimate of drug-likeness (QED) is 0.456. The van der Waals surface area contributed by atoms with Gasteiger partial charge in [-0.15, -0.1) is 21.5 Å². The Hall–Kier alpha value is -3.21. The van der Waals surface area contributed by atoms with E-state index in [9.17, 15) is 9.59 Å². The number of amides is 2. The molecule has 3 aromatic rings. The van der Waals surface area contributed by atoms with Crippen molar-refractivity contribution in [3.05, 3.63) is 34.7 Å². The second-order valence-electron chi connectivity index (χ2n) is 9.61. The highest BCUT2D eigenvalue weighted by Crippen LogP contribution is 2.40. The van der Waals surface area contributed by atoms with Crippen molar-refractivity contribution in [2.75, 3.05) is 17.2 Å². The molecule has 6 rings (SSSR count). The summed E-state index contributed by atoms with van der Waals surface area (Å²) in [6.45, 7) is 0.704. The van der Waals surface area contributed by atoms with Crippen LogP contribution in [-0.4, -0.2) is 48.9 Å². The molecule has 0 radical (unpaired) electrons. The number of rotatable bonds is 8. The van der Waals surface area contributed by atoms with Crippen LogP contribution in [0.5, 0.6) is 0 Å². The SMILES string of the molecule is Cn1cc(-n2cnnc2N[C@H]2CCc3sc(NC(=O)C4CC4)c(C(=O)NCC4CC4)c3C2)cn1. The Morgan fingerprint density at radius 2 is 2.06 bits per heavy atom. The number of carbonyl (C=O) groups is 2. The Bertz CT molecular complexity index is 1240. The van der Waals surface area contributed by atoms with Crippen LogP contribution in [0.1, 0.15) is 52.9 Å². The summed E-state index contributed by atoms with van der Waals surface area (Å²) in [5.74, 6) is 1.30. The van der Waals surface area contributed by atoms with Crippen molar-refractivity contribution in [2.45, 2.75) is 51.0 Å². The van der Waals surface area contributed by atoms with E-state index >= 15 is 0 Å². The Kier molecular flexibility index (Phi) is 5.35. The molecule has 0 unspecified atom stereocenters. The van der Waals surface area contributed by atoms with Crippen LogP contribution in [0.25, 0.3) is 5.69 Å². The highest BCUT2D eigenvalue weighted by atomic mass is 32.1. The van der Waals surface area contributed by atoms with E-state index in [-0.39, 0.29) is 23.8 Å². The van der Waals surface area contributed by atoms with Crippen molar-refractivity contribution in [2.24, 2.45) is 18.9 Å². The topological polar surface area (TPSA) is 119 Å². The average molecular weight is 481 g/mol. The number of hydrogen-bond donors (Lipinski definition) is 3. The first-order valence-corrected chi connectivity index (χ1v) is 12.8. The van der Waals surface area contributed by atoms with Crippen molar-refractivity contribution < 1.29 is 9.59 Å². The van der Waals surface area contributed by atoms with Crippen molar-refractivity contribution in [1.82, 2.24) is 29.9 Å². The first-order chi connectivity index (χ1) is 16.5. The van der Waals surface area contributed by atoms with Crippen LogP contribution in [0.4, 0.5) is 10.9 Å². The van der Waals surface area contributed by atoms with Gasteiger partial charge >= 0.3 is 0 Å². The number of thiophene rings is 1. The highest BCUT2D eigenvalue weighted by molar-refractivity contribution is 7.17. The summed E-state index contributed by atoms with van der Waals surface area (Å²) in [6.07, 6.45) is 12.0. The predicted molar refractivity (Wildman–Crippen MR) is 128 cm³/mol. The van der Waals surface area contributed by atoms with E-state index in [1.54, 1.807) is 28.5 Å². The smallest absolute Gasteiger partial charge is 0.254 e. The van der Waals surface area contributed by atoms with E-state index in [0.29, 0.717) is 35.4 Å². The monoisotopic (exact) mass is 480 g/mol. The van der Waals surface area contributed by atoms with Crippen molar-refractivity contribution in [3.63, 3.8) is 0 Å². The largest absolute Gasteiger partial charge is 0.352 e. The lowest BCUT2D eigenvalue weighted by Crippen LogP contribution is -2.31. The summed E-state index contributed by atoms with van der Waals surface area (Å²) in [5.41, 5.74) is 2.57. The third-order valence-electron chi connectivity index (χ3n) is 6.77. The van der Waals surface area contributed by atoms with Gasteiger partial charge in [0.1, 0.15) is 11.3 Å². The normalized spacial score (nSPS) is 19.5. The fourth-order valence-corrected chi connectivity index (χ4v) is 5.72. The van der Waals surface area contributed by atoms with E-state index in [1.165, 1.54) is 17.7 Å². The molecule has 3 aromatic heterocycles. The predicted octanol–water partition coefficient (Wildman–Crippen LogP) is 2.52. The van der Waals surface area contributed by atoms with Gasteiger partial charge in [-0.2, -0.15) is 5.10 Å². The maximum atomic E-state index is 13.3. The van der Waals surface area contributed by atoms with Gasteiger partial charge in [-0.1, -0.05) is 0 Å². The zero-order valence-electron chi connectivity index (χ0n) is 19.1. The van der Waals surface area contributed by atoms with Crippen LogP contribution in [0, 0.1) is 11.8 Å². The molecule has 1 atom stereocenters. The van der Waals surface area contributed by atoms with Crippen LogP contribution in [0.2, 0.25) is 0 Å². The van der Waals surface area contributed by atoms with E-state index < -0.39 is 0 Å². The molecule has 11 heteroatoms. The van der Waals surface area contributed by atoms with Crippen LogP contribution in [0.3, 0.4) is 0 Å². The maximum Gasteiger partial charge on any atom is 0.254 e. The number of aryl methyl sites for hydroxylation is 2. The molecule has 178 valence electrons. The van der Waals surface area contributed by atoms with Gasteiger partial charge in [-0.3, -0.25) is 18.8 Å². The molecule has 3 heterocycles. The van der Waals surface area contributed by atoms with Crippen LogP contribution in [-0.2, 0) is 24.7 Å². The number of anilines is 2. The Morgan fingerprint density at radius 1 is 1.21 bits per heavy atom. The standard InChI is InChI=1S/C23H28N8O2S/c1-30-11-16(10-26-30)31-12-25-29-23(31)27-15-6-7-18-17(8-15)19(21(33)24-9-13-2-3-13)22(34-18)28-20(32)14-4-5-14/h10-15H,2-9H2,1H3,(H,24,33)(H,27,29)(H,28,32)/t15-/m0/s1. The lowest BCUT2D eigenvalue weighted by molar-refractivity contribution is -0.117. The van der Waals surface area contributed by atoms with Gasteiger partial charge in [0.25, 0.3) is 5.91 Å². The summed E-state index contributed by atoms with van der Waals surface area (Å²) in [4.78, 5) is 27.0. The molecule has 34 heavy (non-hydrogen) atoms. The fraction of sp³-hybridized carbons (Fsp3) is 0.522. The number of aromatic nitrogens is 5. The van der Waals surface area contributed by atoms with Crippen LogP contribution >= 0.6 is 11.3 Å². The third kappa shape index (κ3) is 4.31. The minimum Gasteiger partial charge on any atom is -0.352 e. The lowest BCUT2D eigenvalue weighted by atomic mass is 9.91. The molecule has 0 bridgehead atoms. The minimum absolute atomic E-state index is 0.0362. The Balaban J connectivity index is 1.24. The van der Waals surface area contributed by atoms with E-state index in [4.69, 9.17) is 0 Å². The molecule has 0 saturated heterocycles. The summed E-state index contributed by atoms with van der Waals surface area (Å²) >= 11 is 1.56. The molecule has 2 fully saturated rings. The molecule has 2 amide bonds. The number of carbonyl (C=O) groups excluding carboxylic acids is 2. The van der Waals surface area contributed by atoms with Gasteiger partial charge in [0.05, 0.1) is 17.4 Å². The maximum absolute atomic E-state index is 13.3. The minimum atomic E-state index is -0.0744. The first kappa shape index (κ1) is 21.3. The molecule has 3 aliphatic rings. The van der Waals surface area contributed by atoms with Gasteiger partial charge in [0.2, 0.25) is 11.9 Å². The van der Waals surface area contributed by atoms with Crippen molar-refractivity contribution in [1.29, 1.82) is 0 Å². The number of nitrogens with one attached hydrogen (secondary N) is 3. The molecule has 0 aromatic carbocycles. The fourth-order valence-electron chi connectivity index (χ4n) is 4.48. The van der Waals surface area contributed by atoms with Gasteiger partial charge in [-0.25, -0.2) is 0 Å². The molecule has 3 aliphatic carbocycles. The molecular weight excluding hydrogens is 452 g/mol. The molecule has 2 saturated carbocycles. The third-order valence-corrected chi connectivity index (χ3v) is 7.98. The molecule has 0 spiro atoms. The van der Waals surface area contributed by atoms with E-state index in [0.717, 1.165) is 36.9 Å². The van der Waals surface area contributed by atoms with Gasteiger partial charge in [-0.05, 0) is 56.4 Å². The molecule has 0 aliphatic heterocycles. The molecule has 3 N–H and O–H groups in total. The van der Waals surface area contributed by atoms with Crippen molar-refractivity contribution >= 4 is 34.1 Å². The van der Waals surface area contributed by atoms with Gasteiger partial charge in [0.15, 0.2) is 0 Å². The summed E-state index contributed by atoms with van der Waals surface area (Å²) in [5, 5.41) is 23.0. The van der Waals surface area contributed by atoms with Gasteiger partial charge < -0.3 is 16.0 Å². The highest BCUT2D eigenvalue weighted by Gasteiger charge is 2.34. The zero-order valence-corrected chi connectivity index (χ0v) is 19.9. The Labute approximate surface area is 201 Å². The number of hydrogen-bond acceptors (Lipinski definition) is 7. The Morgan fingerprint density at radius 3 is 2.79 bits per heavy atom. The first-order valence-electron chi connectivity index (χ1n) is 11.9. The lowest BCUT2D eigenvalue weighted by Gasteiger charge is -2.24. The zero-order chi connectivity index (χ0) is 23.2. The second-order valence-corrected chi connectivity index (χ2v) is 10.7. The van der Waals surface area contributed by atoms with E-state index in [1.807, 2.05) is 17.8 Å². The summed E-state index contributed by atoms with van der Waals surface area (Å²) in [7, 11) is 1.87. The summed E-state index contributed by atoms with van der Waals surface area (Å²) in [6, 6.07) is 0.101. The molecule has 10 nitrogen and oxygen atoms in total. The summed E-state index contributed by atoms with van der Waals surface area (Å²) < 4.78 is 3.61. The van der Waals surface area contributed by atoms with Crippen LogP contribution in [0.15, 0.2) is 18.7 Å². The van der Waals surface area contributed by atoms with Crippen LogP contribution < -0.4 is 16.0 Å². The van der Waals surface area contributed by atoms with Gasteiger partial charge in [0, 0.05) is 36.6 Å². The van der Waals surface area contributed by atoms with E-state index in [2.05, 4.69) is 31.2 Å². The van der Waals surface area contributed by atoms with Crippen molar-refractivity contribution in [3.8, 4) is 5.69 Å². The molecular formula is C23H28N8O2S. The average Bonchev–Trinajstić information content (AvgIpc) is 3.72. The number of nitrogens with zero attached hydrogens (tertiary/aromatic N) is 5. The number of fused-ring (bicyclic) bond motifs is 1. The second kappa shape index (κ2) is 8.53.